The molecule has 0 bridgehead atoms. The average Bonchev–Trinajstić information content (AvgIpc) is 2.92. The smallest absolute Gasteiger partial charge is 0.311 e. The summed E-state index contributed by atoms with van der Waals surface area (Å²) in [5.74, 6) is 0.853. The minimum atomic E-state index is -0.284. The number of benzene rings is 3. The van der Waals surface area contributed by atoms with Crippen molar-refractivity contribution >= 4 is 33.8 Å². The monoisotopic (exact) mass is 497 g/mol. The van der Waals surface area contributed by atoms with Crippen molar-refractivity contribution in [3.05, 3.63) is 71.3 Å². The fourth-order valence-corrected chi connectivity index (χ4v) is 5.65. The molecule has 37 heavy (non-hydrogen) atoms. The van der Waals surface area contributed by atoms with Crippen molar-refractivity contribution in [3.63, 3.8) is 0 Å². The quantitative estimate of drug-likeness (QED) is 0.186. The number of carbonyl (C=O) groups excluding carboxylic acids is 2. The Morgan fingerprint density at radius 2 is 1.81 bits per heavy atom. The lowest BCUT2D eigenvalue weighted by Crippen LogP contribution is -2.27. The highest BCUT2D eigenvalue weighted by molar-refractivity contribution is 6.12. The molecule has 0 spiro atoms. The second kappa shape index (κ2) is 11.2. The molecule has 1 N–H and O–H groups in total. The van der Waals surface area contributed by atoms with E-state index in [2.05, 4.69) is 42.6 Å². The lowest BCUT2D eigenvalue weighted by molar-refractivity contribution is -0.134. The maximum Gasteiger partial charge on any atom is 0.311 e. The predicted molar refractivity (Wildman–Crippen MR) is 148 cm³/mol. The molecule has 1 aliphatic heterocycles. The zero-order chi connectivity index (χ0) is 25.8. The summed E-state index contributed by atoms with van der Waals surface area (Å²) in [5, 5.41) is 5.99. The van der Waals surface area contributed by atoms with Gasteiger partial charge in [0.05, 0.1) is 13.2 Å². The van der Waals surface area contributed by atoms with Crippen molar-refractivity contribution < 1.29 is 19.1 Å². The summed E-state index contributed by atoms with van der Waals surface area (Å²) < 4.78 is 11.3. The Labute approximate surface area is 218 Å². The lowest BCUT2D eigenvalue weighted by Gasteiger charge is -2.35. The van der Waals surface area contributed by atoms with Crippen molar-refractivity contribution in [3.8, 4) is 11.5 Å². The summed E-state index contributed by atoms with van der Waals surface area (Å²) >= 11 is 0. The molecule has 0 fully saturated rings. The van der Waals surface area contributed by atoms with Crippen molar-refractivity contribution in [2.24, 2.45) is 0 Å². The molecule has 5 nitrogen and oxygen atoms in total. The highest BCUT2D eigenvalue weighted by atomic mass is 16.6. The number of ether oxygens (including phenoxy) is 2. The Morgan fingerprint density at radius 3 is 2.65 bits per heavy atom. The normalized spacial score (nSPS) is 16.7. The molecule has 1 heterocycles. The molecule has 5 heteroatoms. The van der Waals surface area contributed by atoms with E-state index in [4.69, 9.17) is 9.47 Å². The number of anilines is 1. The van der Waals surface area contributed by atoms with Crippen LogP contribution < -0.4 is 14.8 Å². The van der Waals surface area contributed by atoms with Gasteiger partial charge >= 0.3 is 5.97 Å². The van der Waals surface area contributed by atoms with Crippen LogP contribution in [0.25, 0.3) is 16.3 Å². The van der Waals surface area contributed by atoms with Gasteiger partial charge in [0, 0.05) is 29.7 Å². The number of allylic oxidation sites excluding steroid dienone is 1. The van der Waals surface area contributed by atoms with Crippen LogP contribution in [-0.2, 0) is 9.59 Å². The minimum Gasteiger partial charge on any atom is -0.493 e. The predicted octanol–water partition coefficient (Wildman–Crippen LogP) is 7.79. The minimum absolute atomic E-state index is 0.190. The first kappa shape index (κ1) is 25.1. The average molecular weight is 498 g/mol. The number of unbranched alkanes of at least 4 members (excludes halogenated alkanes) is 4. The van der Waals surface area contributed by atoms with E-state index in [1.54, 1.807) is 13.2 Å². The number of carbonyl (C=O) groups is 2. The van der Waals surface area contributed by atoms with E-state index in [1.807, 2.05) is 18.2 Å². The third kappa shape index (κ3) is 5.13. The topological polar surface area (TPSA) is 64.6 Å². The van der Waals surface area contributed by atoms with E-state index in [-0.39, 0.29) is 17.8 Å². The Morgan fingerprint density at radius 1 is 0.973 bits per heavy atom. The van der Waals surface area contributed by atoms with Gasteiger partial charge in [-0.2, -0.15) is 0 Å². The number of esters is 1. The molecule has 1 unspecified atom stereocenters. The number of hydrogen-bond acceptors (Lipinski definition) is 5. The first-order valence-corrected chi connectivity index (χ1v) is 13.5. The summed E-state index contributed by atoms with van der Waals surface area (Å²) in [7, 11) is 1.58. The Bertz CT molecular complexity index is 1360. The molecule has 0 aromatic heterocycles. The van der Waals surface area contributed by atoms with E-state index in [9.17, 15) is 9.59 Å². The van der Waals surface area contributed by atoms with Crippen LogP contribution in [0.1, 0.15) is 81.9 Å². The van der Waals surface area contributed by atoms with Crippen LogP contribution in [0, 0.1) is 0 Å². The molecular formula is C32H35NO4. The van der Waals surface area contributed by atoms with Gasteiger partial charge in [-0.1, -0.05) is 69.0 Å². The van der Waals surface area contributed by atoms with Crippen molar-refractivity contribution in [2.45, 2.75) is 70.8 Å². The fourth-order valence-electron chi connectivity index (χ4n) is 5.65. The second-order valence-corrected chi connectivity index (χ2v) is 10.0. The molecular weight excluding hydrogens is 462 g/mol. The first-order chi connectivity index (χ1) is 18.1. The van der Waals surface area contributed by atoms with E-state index >= 15 is 0 Å². The summed E-state index contributed by atoms with van der Waals surface area (Å²) in [6, 6.07) is 17.9. The molecule has 5 rings (SSSR count). The SMILES string of the molecule is CCCCCCCC(=O)Oc1ccc(C2Nc3ccc4ccccc4c3C3=C2C(=O)CCC3)cc1OC. The highest BCUT2D eigenvalue weighted by Gasteiger charge is 2.35. The van der Waals surface area contributed by atoms with E-state index < -0.39 is 0 Å². The molecule has 1 aliphatic carbocycles. The molecule has 2 aliphatic rings. The number of hydrogen-bond donors (Lipinski definition) is 1. The number of ketones is 1. The summed E-state index contributed by atoms with van der Waals surface area (Å²) in [4.78, 5) is 25.7. The van der Waals surface area contributed by atoms with Crippen LogP contribution in [0.15, 0.2) is 60.2 Å². The van der Waals surface area contributed by atoms with Crippen LogP contribution in [0.4, 0.5) is 5.69 Å². The van der Waals surface area contributed by atoms with Gasteiger partial charge in [0.2, 0.25) is 0 Å². The number of methoxy groups -OCH3 is 1. The lowest BCUT2D eigenvalue weighted by atomic mass is 9.77. The van der Waals surface area contributed by atoms with Crippen LogP contribution in [-0.4, -0.2) is 18.9 Å². The van der Waals surface area contributed by atoms with Gasteiger partial charge < -0.3 is 14.8 Å². The molecule has 1 atom stereocenters. The summed E-state index contributed by atoms with van der Waals surface area (Å²) in [5.41, 5.74) is 5.08. The molecule has 3 aromatic carbocycles. The number of nitrogens with one attached hydrogen (secondary N) is 1. The van der Waals surface area contributed by atoms with E-state index in [0.29, 0.717) is 24.3 Å². The standard InChI is InChI=1S/C32H35NO4/c1-3-4-5-6-7-15-29(35)37-27-19-17-22(20-28(27)36-2)32-31-24(13-10-14-26(31)34)30-23-12-9-8-11-21(23)16-18-25(30)33-32/h8-9,11-12,16-20,32-33H,3-7,10,13-15H2,1-2H3. The van der Waals surface area contributed by atoms with Gasteiger partial charge in [-0.05, 0) is 59.4 Å². The van der Waals surface area contributed by atoms with Gasteiger partial charge in [0.1, 0.15) is 0 Å². The molecule has 0 saturated carbocycles. The Balaban J connectivity index is 1.44. The van der Waals surface area contributed by atoms with E-state index in [0.717, 1.165) is 60.1 Å². The van der Waals surface area contributed by atoms with Crippen LogP contribution in [0.5, 0.6) is 11.5 Å². The molecule has 0 amide bonds. The van der Waals surface area contributed by atoms with Crippen LogP contribution in [0.2, 0.25) is 0 Å². The van der Waals surface area contributed by atoms with Crippen molar-refractivity contribution in [2.75, 3.05) is 12.4 Å². The second-order valence-electron chi connectivity index (χ2n) is 10.0. The summed E-state index contributed by atoms with van der Waals surface area (Å²) in [6.45, 7) is 2.18. The van der Waals surface area contributed by atoms with Crippen molar-refractivity contribution in [1.82, 2.24) is 0 Å². The molecule has 192 valence electrons. The number of Topliss-reactive ketones (excluding diaryl/α,β-unsaturated/α-hetero) is 1. The van der Waals surface area contributed by atoms with Gasteiger partial charge in [-0.15, -0.1) is 0 Å². The zero-order valence-electron chi connectivity index (χ0n) is 21.8. The third-order valence-corrected chi connectivity index (χ3v) is 7.50. The maximum atomic E-state index is 13.3. The van der Waals surface area contributed by atoms with Crippen LogP contribution >= 0.6 is 0 Å². The third-order valence-electron chi connectivity index (χ3n) is 7.50. The first-order valence-electron chi connectivity index (χ1n) is 13.5. The van der Waals surface area contributed by atoms with Gasteiger partial charge in [-0.25, -0.2) is 0 Å². The van der Waals surface area contributed by atoms with Gasteiger partial charge in [0.15, 0.2) is 17.3 Å². The molecule has 0 radical (unpaired) electrons. The molecule has 3 aromatic rings. The van der Waals surface area contributed by atoms with Gasteiger partial charge in [-0.3, -0.25) is 9.59 Å². The number of fused-ring (bicyclic) bond motifs is 4. The number of rotatable bonds is 9. The van der Waals surface area contributed by atoms with Crippen molar-refractivity contribution in [1.29, 1.82) is 0 Å². The molecule has 0 saturated heterocycles. The fraction of sp³-hybridized carbons (Fsp3) is 0.375. The zero-order valence-corrected chi connectivity index (χ0v) is 21.8. The van der Waals surface area contributed by atoms with Gasteiger partial charge in [0.25, 0.3) is 0 Å². The Hall–Kier alpha value is -3.60. The highest BCUT2D eigenvalue weighted by Crippen LogP contribution is 2.48. The largest absolute Gasteiger partial charge is 0.493 e. The summed E-state index contributed by atoms with van der Waals surface area (Å²) in [6.07, 6.45) is 8.08. The van der Waals surface area contributed by atoms with E-state index in [1.165, 1.54) is 23.6 Å². The Kier molecular flexibility index (Phi) is 7.59. The van der Waals surface area contributed by atoms with Crippen LogP contribution in [0.3, 0.4) is 0 Å². The maximum absolute atomic E-state index is 13.3.